The first-order valence-electron chi connectivity index (χ1n) is 7.12. The Hall–Kier alpha value is -1.11. The molecule has 0 radical (unpaired) electrons. The van der Waals surface area contributed by atoms with Crippen LogP contribution in [0.2, 0.25) is 0 Å². The van der Waals surface area contributed by atoms with Crippen molar-refractivity contribution in [1.29, 1.82) is 0 Å². The minimum atomic E-state index is 0.280. The highest BCUT2D eigenvalue weighted by Crippen LogP contribution is 2.13. The minimum Gasteiger partial charge on any atom is -0.383 e. The van der Waals surface area contributed by atoms with Crippen LogP contribution in [0.15, 0.2) is 12.4 Å². The van der Waals surface area contributed by atoms with Gasteiger partial charge in [0.15, 0.2) is 0 Å². The molecule has 6 nitrogen and oxygen atoms in total. The number of anilines is 1. The van der Waals surface area contributed by atoms with E-state index in [4.69, 9.17) is 14.2 Å². The Labute approximate surface area is 121 Å². The lowest BCUT2D eigenvalue weighted by molar-refractivity contribution is 0.0691. The largest absolute Gasteiger partial charge is 0.383 e. The number of aromatic nitrogens is 2. The number of unbranched alkanes of at least 4 members (excludes halogenated alkanes) is 1. The maximum absolute atomic E-state index is 5.42. The summed E-state index contributed by atoms with van der Waals surface area (Å²) in [5.41, 5.74) is 0. The summed E-state index contributed by atoms with van der Waals surface area (Å²) < 4.78 is 17.6. The minimum absolute atomic E-state index is 0.280. The zero-order valence-electron chi connectivity index (χ0n) is 12.8. The van der Waals surface area contributed by atoms with Crippen LogP contribution in [0, 0.1) is 0 Å². The molecule has 0 fully saturated rings. The normalized spacial score (nSPS) is 12.6. The van der Waals surface area contributed by atoms with Gasteiger partial charge in [0.25, 0.3) is 0 Å². The third-order valence-corrected chi connectivity index (χ3v) is 2.98. The molecule has 1 rings (SSSR count). The Balaban J connectivity index is 2.14. The Morgan fingerprint density at radius 3 is 2.80 bits per heavy atom. The van der Waals surface area contributed by atoms with Gasteiger partial charge in [0.1, 0.15) is 0 Å². The summed E-state index contributed by atoms with van der Waals surface area (Å²) in [7, 11) is 3.39. The summed E-state index contributed by atoms with van der Waals surface area (Å²) >= 11 is 0. The number of nitrogens with zero attached hydrogens (tertiary/aromatic N) is 2. The van der Waals surface area contributed by atoms with E-state index in [-0.39, 0.29) is 6.04 Å². The lowest BCUT2D eigenvalue weighted by Gasteiger charge is -2.16. The van der Waals surface area contributed by atoms with Crippen LogP contribution >= 0.6 is 0 Å². The molecule has 0 amide bonds. The van der Waals surface area contributed by atoms with Gasteiger partial charge in [0.05, 0.1) is 25.9 Å². The second kappa shape index (κ2) is 10.7. The van der Waals surface area contributed by atoms with Gasteiger partial charge < -0.3 is 24.1 Å². The Kier molecular flexibility index (Phi) is 9.02. The molecule has 6 heteroatoms. The van der Waals surface area contributed by atoms with E-state index in [0.717, 1.165) is 31.9 Å². The molecule has 1 aromatic rings. The standard InChI is InChI=1S/C14H27N3O3/c1-13(12-19-3)17-8-7-16-14(17)15-6-4-5-9-20-11-10-18-2/h7-8,13H,4-6,9-12H2,1-3H3,(H,15,16). The molecule has 1 unspecified atom stereocenters. The molecule has 1 atom stereocenters. The third kappa shape index (κ3) is 6.36. The van der Waals surface area contributed by atoms with E-state index < -0.39 is 0 Å². The van der Waals surface area contributed by atoms with Gasteiger partial charge in [-0.3, -0.25) is 0 Å². The monoisotopic (exact) mass is 285 g/mol. The van der Waals surface area contributed by atoms with Crippen molar-refractivity contribution in [3.05, 3.63) is 12.4 Å². The van der Waals surface area contributed by atoms with Crippen LogP contribution in [0.3, 0.4) is 0 Å². The summed E-state index contributed by atoms with van der Waals surface area (Å²) in [6.45, 7) is 5.79. The predicted molar refractivity (Wildman–Crippen MR) is 79.2 cm³/mol. The number of hydrogen-bond donors (Lipinski definition) is 1. The van der Waals surface area contributed by atoms with Crippen molar-refractivity contribution in [2.75, 3.05) is 52.5 Å². The Morgan fingerprint density at radius 2 is 2.05 bits per heavy atom. The van der Waals surface area contributed by atoms with Crippen LogP contribution in [0.25, 0.3) is 0 Å². The van der Waals surface area contributed by atoms with E-state index in [2.05, 4.69) is 21.8 Å². The highest BCUT2D eigenvalue weighted by atomic mass is 16.5. The first kappa shape index (κ1) is 16.9. The van der Waals surface area contributed by atoms with Gasteiger partial charge in [-0.25, -0.2) is 4.98 Å². The number of ether oxygens (including phenoxy) is 3. The van der Waals surface area contributed by atoms with E-state index in [1.165, 1.54) is 0 Å². The molecule has 0 saturated heterocycles. The quantitative estimate of drug-likeness (QED) is 0.595. The number of hydrogen-bond acceptors (Lipinski definition) is 5. The fraction of sp³-hybridized carbons (Fsp3) is 0.786. The first-order chi connectivity index (χ1) is 9.79. The van der Waals surface area contributed by atoms with Crippen LogP contribution in [-0.2, 0) is 14.2 Å². The van der Waals surface area contributed by atoms with Crippen LogP contribution in [0.1, 0.15) is 25.8 Å². The van der Waals surface area contributed by atoms with E-state index >= 15 is 0 Å². The number of nitrogens with one attached hydrogen (secondary N) is 1. The average molecular weight is 285 g/mol. The topological polar surface area (TPSA) is 57.5 Å². The molecule has 1 heterocycles. The summed E-state index contributed by atoms with van der Waals surface area (Å²) in [6.07, 6.45) is 5.87. The fourth-order valence-electron chi connectivity index (χ4n) is 1.90. The highest BCUT2D eigenvalue weighted by molar-refractivity contribution is 5.26. The molecular formula is C14H27N3O3. The lowest BCUT2D eigenvalue weighted by Crippen LogP contribution is -2.15. The van der Waals surface area contributed by atoms with Crippen molar-refractivity contribution in [3.63, 3.8) is 0 Å². The summed E-state index contributed by atoms with van der Waals surface area (Å²) in [6, 6.07) is 0.280. The van der Waals surface area contributed by atoms with Crippen molar-refractivity contribution in [3.8, 4) is 0 Å². The van der Waals surface area contributed by atoms with Crippen molar-refractivity contribution >= 4 is 5.95 Å². The molecule has 0 aromatic carbocycles. The van der Waals surface area contributed by atoms with Crippen LogP contribution in [-0.4, -0.2) is 56.7 Å². The molecule has 0 aliphatic heterocycles. The van der Waals surface area contributed by atoms with Gasteiger partial charge in [-0.1, -0.05) is 0 Å². The van der Waals surface area contributed by atoms with Gasteiger partial charge in [-0.15, -0.1) is 0 Å². The van der Waals surface area contributed by atoms with Crippen LogP contribution in [0.5, 0.6) is 0 Å². The summed E-state index contributed by atoms with van der Waals surface area (Å²) in [5, 5.41) is 3.35. The molecule has 0 aliphatic carbocycles. The second-order valence-electron chi connectivity index (χ2n) is 4.70. The van der Waals surface area contributed by atoms with Gasteiger partial charge in [0.2, 0.25) is 5.95 Å². The van der Waals surface area contributed by atoms with Crippen LogP contribution in [0.4, 0.5) is 5.95 Å². The molecule has 20 heavy (non-hydrogen) atoms. The van der Waals surface area contributed by atoms with E-state index in [0.29, 0.717) is 19.8 Å². The van der Waals surface area contributed by atoms with Crippen molar-refractivity contribution in [1.82, 2.24) is 9.55 Å². The predicted octanol–water partition coefficient (Wildman–Crippen LogP) is 1.95. The molecular weight excluding hydrogens is 258 g/mol. The van der Waals surface area contributed by atoms with Crippen molar-refractivity contribution in [2.24, 2.45) is 0 Å². The van der Waals surface area contributed by atoms with E-state index in [1.54, 1.807) is 14.2 Å². The third-order valence-electron chi connectivity index (χ3n) is 2.98. The number of imidazole rings is 1. The summed E-state index contributed by atoms with van der Waals surface area (Å²) in [5.74, 6) is 0.898. The van der Waals surface area contributed by atoms with Gasteiger partial charge in [-0.2, -0.15) is 0 Å². The SMILES string of the molecule is COCCOCCCCNc1nccn1C(C)COC. The molecule has 0 aliphatic rings. The van der Waals surface area contributed by atoms with Gasteiger partial charge in [0, 0.05) is 39.8 Å². The smallest absolute Gasteiger partial charge is 0.203 e. The van der Waals surface area contributed by atoms with Crippen LogP contribution < -0.4 is 5.32 Å². The number of rotatable bonds is 12. The van der Waals surface area contributed by atoms with E-state index in [9.17, 15) is 0 Å². The fourth-order valence-corrected chi connectivity index (χ4v) is 1.90. The van der Waals surface area contributed by atoms with Gasteiger partial charge >= 0.3 is 0 Å². The maximum Gasteiger partial charge on any atom is 0.203 e. The molecule has 1 N–H and O–H groups in total. The molecule has 1 aromatic heterocycles. The zero-order chi connectivity index (χ0) is 14.6. The van der Waals surface area contributed by atoms with Crippen molar-refractivity contribution in [2.45, 2.75) is 25.8 Å². The summed E-state index contributed by atoms with van der Waals surface area (Å²) in [4.78, 5) is 4.33. The molecule has 0 bridgehead atoms. The first-order valence-corrected chi connectivity index (χ1v) is 7.12. The van der Waals surface area contributed by atoms with E-state index in [1.807, 2.05) is 12.4 Å². The Morgan fingerprint density at radius 1 is 1.20 bits per heavy atom. The molecule has 0 spiro atoms. The lowest BCUT2D eigenvalue weighted by atomic mass is 10.3. The average Bonchev–Trinajstić information content (AvgIpc) is 2.90. The molecule has 116 valence electrons. The maximum atomic E-state index is 5.42. The van der Waals surface area contributed by atoms with Gasteiger partial charge in [-0.05, 0) is 19.8 Å². The highest BCUT2D eigenvalue weighted by Gasteiger charge is 2.08. The number of methoxy groups -OCH3 is 2. The van der Waals surface area contributed by atoms with Crippen molar-refractivity contribution < 1.29 is 14.2 Å². The Bertz CT molecular complexity index is 344. The second-order valence-corrected chi connectivity index (χ2v) is 4.70. The molecule has 0 saturated carbocycles. The zero-order valence-corrected chi connectivity index (χ0v) is 12.8.